The Morgan fingerprint density at radius 1 is 1.17 bits per heavy atom. The summed E-state index contributed by atoms with van der Waals surface area (Å²) in [6, 6.07) is 3.74. The van der Waals surface area contributed by atoms with Gasteiger partial charge >= 0.3 is 0 Å². The van der Waals surface area contributed by atoms with E-state index in [0.717, 1.165) is 31.6 Å². The molecule has 29 heavy (non-hydrogen) atoms. The molecule has 2 aromatic rings. The Morgan fingerprint density at radius 3 is 2.59 bits per heavy atom. The fourth-order valence-corrected chi connectivity index (χ4v) is 5.28. The van der Waals surface area contributed by atoms with Gasteiger partial charge in [0, 0.05) is 64.3 Å². The van der Waals surface area contributed by atoms with Crippen molar-refractivity contribution >= 4 is 11.8 Å². The molecule has 8 heteroatoms. The lowest BCUT2D eigenvalue weighted by Gasteiger charge is -2.42. The van der Waals surface area contributed by atoms with Crippen molar-refractivity contribution in [2.45, 2.75) is 31.6 Å². The molecule has 0 unspecified atom stereocenters. The van der Waals surface area contributed by atoms with E-state index >= 15 is 0 Å². The Balaban J connectivity index is 1.50. The van der Waals surface area contributed by atoms with Crippen LogP contribution in [0.5, 0.6) is 0 Å². The molecule has 1 spiro atoms. The molecule has 2 aliphatic heterocycles. The van der Waals surface area contributed by atoms with Gasteiger partial charge in [-0.3, -0.25) is 19.0 Å². The maximum absolute atomic E-state index is 13.8. The van der Waals surface area contributed by atoms with Gasteiger partial charge in [-0.2, -0.15) is 10.2 Å². The summed E-state index contributed by atoms with van der Waals surface area (Å²) >= 11 is 0. The summed E-state index contributed by atoms with van der Waals surface area (Å²) in [6.07, 6.45) is 7.68. The minimum absolute atomic E-state index is 0.0401. The third kappa shape index (κ3) is 2.96. The van der Waals surface area contributed by atoms with Crippen LogP contribution in [-0.2, 0) is 18.9 Å². The minimum Gasteiger partial charge on any atom is -0.342 e. The van der Waals surface area contributed by atoms with Crippen LogP contribution in [0.25, 0.3) is 0 Å². The zero-order valence-corrected chi connectivity index (χ0v) is 17.1. The van der Waals surface area contributed by atoms with E-state index in [1.54, 1.807) is 30.2 Å². The SMILES string of the molecule is Cn1nccc1C(=O)N1C[C@@H](c2ccnn2C)[C@@]2(CCCN(CC3CC3)C2=O)C1. The van der Waals surface area contributed by atoms with Crippen molar-refractivity contribution in [2.75, 3.05) is 26.2 Å². The number of amides is 2. The monoisotopic (exact) mass is 396 g/mol. The molecule has 2 aromatic heterocycles. The van der Waals surface area contributed by atoms with Crippen LogP contribution in [-0.4, -0.2) is 67.4 Å². The number of rotatable bonds is 4. The van der Waals surface area contributed by atoms with Crippen LogP contribution in [0.2, 0.25) is 0 Å². The average molecular weight is 396 g/mol. The van der Waals surface area contributed by atoms with Crippen molar-refractivity contribution in [3.8, 4) is 0 Å². The largest absolute Gasteiger partial charge is 0.342 e. The fourth-order valence-electron chi connectivity index (χ4n) is 5.28. The Bertz CT molecular complexity index is 945. The highest BCUT2D eigenvalue weighted by atomic mass is 16.2. The summed E-state index contributed by atoms with van der Waals surface area (Å²) in [5.74, 6) is 0.794. The maximum atomic E-state index is 13.8. The first-order valence-corrected chi connectivity index (χ1v) is 10.5. The normalized spacial score (nSPS) is 27.2. The van der Waals surface area contributed by atoms with E-state index in [0.29, 0.717) is 24.7 Å². The number of aromatic nitrogens is 4. The number of likely N-dealkylation sites (tertiary alicyclic amines) is 2. The molecule has 2 saturated heterocycles. The molecule has 8 nitrogen and oxygen atoms in total. The van der Waals surface area contributed by atoms with E-state index in [1.165, 1.54) is 12.8 Å². The van der Waals surface area contributed by atoms with Gasteiger partial charge in [0.25, 0.3) is 5.91 Å². The van der Waals surface area contributed by atoms with Crippen LogP contribution in [0.4, 0.5) is 0 Å². The van der Waals surface area contributed by atoms with Crippen molar-refractivity contribution in [2.24, 2.45) is 25.4 Å². The number of carbonyl (C=O) groups is 2. The first kappa shape index (κ1) is 18.4. The van der Waals surface area contributed by atoms with Crippen molar-refractivity contribution < 1.29 is 9.59 Å². The van der Waals surface area contributed by atoms with Crippen molar-refractivity contribution in [3.05, 3.63) is 35.9 Å². The van der Waals surface area contributed by atoms with Crippen molar-refractivity contribution in [1.29, 1.82) is 0 Å². The fraction of sp³-hybridized carbons (Fsp3) is 0.619. The number of piperidine rings is 1. The van der Waals surface area contributed by atoms with Gasteiger partial charge in [-0.15, -0.1) is 0 Å². The second-order valence-electron chi connectivity index (χ2n) is 8.91. The van der Waals surface area contributed by atoms with Crippen LogP contribution in [0, 0.1) is 11.3 Å². The van der Waals surface area contributed by atoms with Gasteiger partial charge in [0.05, 0.1) is 5.41 Å². The average Bonchev–Trinajstić information content (AvgIpc) is 3.08. The lowest BCUT2D eigenvalue weighted by Crippen LogP contribution is -2.53. The molecule has 3 fully saturated rings. The number of hydrogen-bond donors (Lipinski definition) is 0. The lowest BCUT2D eigenvalue weighted by atomic mass is 9.70. The van der Waals surface area contributed by atoms with E-state index in [-0.39, 0.29) is 17.7 Å². The van der Waals surface area contributed by atoms with E-state index in [9.17, 15) is 9.59 Å². The molecule has 2 atom stereocenters. The third-order valence-electron chi connectivity index (χ3n) is 7.03. The second kappa shape index (κ2) is 6.71. The van der Waals surface area contributed by atoms with Crippen LogP contribution < -0.4 is 0 Å². The molecule has 154 valence electrons. The molecule has 4 heterocycles. The first-order valence-electron chi connectivity index (χ1n) is 10.5. The summed E-state index contributed by atoms with van der Waals surface area (Å²) in [5.41, 5.74) is 1.03. The van der Waals surface area contributed by atoms with Crippen LogP contribution in [0.1, 0.15) is 47.8 Å². The van der Waals surface area contributed by atoms with E-state index in [2.05, 4.69) is 15.1 Å². The standard InChI is InChI=1S/C21H28N6O2/c1-24-17(6-9-22-24)16-13-27(19(28)18-7-10-23-25(18)2)14-21(16)8-3-11-26(20(21)29)12-15-4-5-15/h6-7,9-10,15-16H,3-5,8,11-14H2,1-2H3/t16-,21+/m0/s1. The predicted octanol–water partition coefficient (Wildman–Crippen LogP) is 1.41. The molecule has 0 aromatic carbocycles. The van der Waals surface area contributed by atoms with Crippen molar-refractivity contribution in [3.63, 3.8) is 0 Å². The van der Waals surface area contributed by atoms with Crippen LogP contribution in [0.15, 0.2) is 24.5 Å². The van der Waals surface area contributed by atoms with Gasteiger partial charge in [0.15, 0.2) is 0 Å². The topological polar surface area (TPSA) is 76.3 Å². The molecule has 1 saturated carbocycles. The number of aryl methyl sites for hydroxylation is 2. The summed E-state index contributed by atoms with van der Waals surface area (Å²) in [6.45, 7) is 2.71. The van der Waals surface area contributed by atoms with E-state index < -0.39 is 5.41 Å². The van der Waals surface area contributed by atoms with Gasteiger partial charge < -0.3 is 9.80 Å². The summed E-state index contributed by atoms with van der Waals surface area (Å²) in [7, 11) is 3.70. The van der Waals surface area contributed by atoms with Gasteiger partial charge in [-0.1, -0.05) is 0 Å². The zero-order chi connectivity index (χ0) is 20.2. The summed E-state index contributed by atoms with van der Waals surface area (Å²) in [4.78, 5) is 31.0. The quantitative estimate of drug-likeness (QED) is 0.783. The number of carbonyl (C=O) groups excluding carboxylic acids is 2. The number of nitrogens with zero attached hydrogens (tertiary/aromatic N) is 6. The summed E-state index contributed by atoms with van der Waals surface area (Å²) in [5, 5.41) is 8.49. The van der Waals surface area contributed by atoms with Gasteiger partial charge in [0.2, 0.25) is 5.91 Å². The Labute approximate surface area is 170 Å². The molecule has 2 amide bonds. The maximum Gasteiger partial charge on any atom is 0.272 e. The molecule has 0 N–H and O–H groups in total. The Hall–Kier alpha value is -2.64. The molecule has 0 radical (unpaired) electrons. The molecule has 3 aliphatic rings. The highest BCUT2D eigenvalue weighted by Gasteiger charge is 2.57. The lowest BCUT2D eigenvalue weighted by molar-refractivity contribution is -0.146. The highest BCUT2D eigenvalue weighted by Crippen LogP contribution is 2.50. The second-order valence-corrected chi connectivity index (χ2v) is 8.91. The smallest absolute Gasteiger partial charge is 0.272 e. The number of hydrogen-bond acceptors (Lipinski definition) is 4. The highest BCUT2D eigenvalue weighted by molar-refractivity contribution is 5.94. The summed E-state index contributed by atoms with van der Waals surface area (Å²) < 4.78 is 3.46. The van der Waals surface area contributed by atoms with Gasteiger partial charge in [0.1, 0.15) is 5.69 Å². The molecule has 1 aliphatic carbocycles. The van der Waals surface area contributed by atoms with E-state index in [1.807, 2.05) is 22.7 Å². The molecule has 0 bridgehead atoms. The third-order valence-corrected chi connectivity index (χ3v) is 7.03. The van der Waals surface area contributed by atoms with Gasteiger partial charge in [-0.25, -0.2) is 0 Å². The van der Waals surface area contributed by atoms with Gasteiger partial charge in [-0.05, 0) is 43.7 Å². The Kier molecular flexibility index (Phi) is 4.26. The molecular formula is C21H28N6O2. The Morgan fingerprint density at radius 2 is 1.93 bits per heavy atom. The van der Waals surface area contributed by atoms with Crippen LogP contribution in [0.3, 0.4) is 0 Å². The van der Waals surface area contributed by atoms with Crippen LogP contribution >= 0.6 is 0 Å². The zero-order valence-electron chi connectivity index (χ0n) is 17.1. The van der Waals surface area contributed by atoms with E-state index in [4.69, 9.17) is 0 Å². The minimum atomic E-state index is -0.560. The molecular weight excluding hydrogens is 368 g/mol. The first-order chi connectivity index (χ1) is 14.0. The molecule has 5 rings (SSSR count). The predicted molar refractivity (Wildman–Crippen MR) is 106 cm³/mol. The van der Waals surface area contributed by atoms with Crippen molar-refractivity contribution in [1.82, 2.24) is 29.4 Å².